The van der Waals surface area contributed by atoms with E-state index < -0.39 is 11.3 Å². The topological polar surface area (TPSA) is 55.7 Å². The van der Waals surface area contributed by atoms with Crippen LogP contribution in [-0.2, 0) is 20.2 Å². The van der Waals surface area contributed by atoms with Crippen LogP contribution in [0.1, 0.15) is 34.0 Å². The predicted octanol–water partition coefficient (Wildman–Crippen LogP) is -1.39. The van der Waals surface area contributed by atoms with Crippen molar-refractivity contribution in [2.24, 2.45) is 4.40 Å². The smallest absolute Gasteiger partial charge is 1.00 e. The molecule has 13 heavy (non-hydrogen) atoms. The van der Waals surface area contributed by atoms with Gasteiger partial charge in [-0.25, -0.2) is 9.00 Å². The number of rotatable bonds is 7. The molecular weight excluding hydrogens is 201 g/mol. The Balaban J connectivity index is -0.000000605. The van der Waals surface area contributed by atoms with Gasteiger partial charge in [-0.2, -0.15) is 0 Å². The summed E-state index contributed by atoms with van der Waals surface area (Å²) in [5.41, 5.74) is 0. The van der Waals surface area contributed by atoms with E-state index in [4.69, 9.17) is 0 Å². The zero-order valence-electron chi connectivity index (χ0n) is 9.12. The fraction of sp³-hybridized carbons (Fsp3) is 0.857. The van der Waals surface area contributed by atoms with Crippen molar-refractivity contribution in [3.05, 3.63) is 0 Å². The minimum absolute atomic E-state index is 0. The molecule has 6 heteroatoms. The van der Waals surface area contributed by atoms with E-state index in [2.05, 4.69) is 15.5 Å². The molecule has 0 heterocycles. The van der Waals surface area contributed by atoms with Crippen molar-refractivity contribution in [1.29, 1.82) is 0 Å². The summed E-state index contributed by atoms with van der Waals surface area (Å²) in [6.07, 6.45) is 5.37. The average molecular weight is 215 g/mol. The van der Waals surface area contributed by atoms with E-state index in [-0.39, 0.29) is 31.0 Å². The molecule has 0 saturated carbocycles. The van der Waals surface area contributed by atoms with Crippen molar-refractivity contribution < 1.29 is 44.2 Å². The first-order valence-electron chi connectivity index (χ1n) is 3.94. The number of carbonyl (C=O) groups excluding carboxylic acids is 1. The van der Waals surface area contributed by atoms with Gasteiger partial charge in [0.05, 0.1) is 6.61 Å². The molecule has 0 aromatic rings. The zero-order chi connectivity index (χ0) is 9.23. The molecule has 0 saturated heterocycles. The summed E-state index contributed by atoms with van der Waals surface area (Å²) in [6, 6.07) is 0. The van der Waals surface area contributed by atoms with Gasteiger partial charge in [0.2, 0.25) is 0 Å². The summed E-state index contributed by atoms with van der Waals surface area (Å²) in [5, 5.41) is 0. The van der Waals surface area contributed by atoms with Crippen molar-refractivity contribution in [1.82, 2.24) is 0 Å². The van der Waals surface area contributed by atoms with Crippen LogP contribution in [0.3, 0.4) is 0 Å². The molecule has 0 aromatic heterocycles. The summed E-state index contributed by atoms with van der Waals surface area (Å²) >= 11 is -1.82. The van der Waals surface area contributed by atoms with Gasteiger partial charge in [-0.3, -0.25) is 4.18 Å². The van der Waals surface area contributed by atoms with Gasteiger partial charge in [-0.15, -0.1) is 0 Å². The van der Waals surface area contributed by atoms with E-state index in [9.17, 15) is 9.00 Å². The molecule has 0 radical (unpaired) electrons. The van der Waals surface area contributed by atoms with Crippen LogP contribution in [0.25, 0.3) is 0 Å². The maximum Gasteiger partial charge on any atom is 1.00 e. The van der Waals surface area contributed by atoms with E-state index in [1.54, 1.807) is 0 Å². The average Bonchev–Trinajstić information content (AvgIpc) is 2.05. The first kappa shape index (κ1) is 15.9. The van der Waals surface area contributed by atoms with Crippen molar-refractivity contribution in [3.8, 4) is 0 Å². The Morgan fingerprint density at radius 2 is 2.15 bits per heavy atom. The number of hydrogen-bond donors (Lipinski definition) is 0. The molecule has 0 aromatic carbocycles. The Morgan fingerprint density at radius 3 is 2.69 bits per heavy atom. The van der Waals surface area contributed by atoms with Gasteiger partial charge in [-0.05, 0) is 6.42 Å². The maximum absolute atomic E-state index is 10.5. The molecule has 1 atom stereocenters. The fourth-order valence-electron chi connectivity index (χ4n) is 0.716. The van der Waals surface area contributed by atoms with E-state index in [1.165, 1.54) is 6.08 Å². The summed E-state index contributed by atoms with van der Waals surface area (Å²) in [6.45, 7) is 2.49. The van der Waals surface area contributed by atoms with Crippen LogP contribution in [0.5, 0.6) is 0 Å². The Kier molecular flexibility index (Phi) is 15.3. The monoisotopic (exact) mass is 215 g/mol. The summed E-state index contributed by atoms with van der Waals surface area (Å²) in [7, 11) is 0. The van der Waals surface area contributed by atoms with Gasteiger partial charge in [0.25, 0.3) is 17.3 Å². The van der Waals surface area contributed by atoms with Gasteiger partial charge < -0.3 is 1.43 Å². The third-order valence-corrected chi connectivity index (χ3v) is 1.89. The predicted molar refractivity (Wildman–Crippen MR) is 47.5 cm³/mol. The summed E-state index contributed by atoms with van der Waals surface area (Å²) < 4.78 is 18.1. The molecule has 0 aliphatic heterocycles. The van der Waals surface area contributed by atoms with Crippen LogP contribution in [0, 0.1) is 0 Å². The van der Waals surface area contributed by atoms with E-state index >= 15 is 0 Å². The Morgan fingerprint density at radius 1 is 1.46 bits per heavy atom. The van der Waals surface area contributed by atoms with Gasteiger partial charge >= 0.3 is 29.6 Å². The molecule has 0 fully saturated rings. The number of unbranched alkanes of at least 4 members (excludes halogenated alkanes) is 3. The van der Waals surface area contributed by atoms with Gasteiger partial charge in [0.15, 0.2) is 0 Å². The normalized spacial score (nSPS) is 11.2. The summed E-state index contributed by atoms with van der Waals surface area (Å²) in [4.78, 5) is 9.59. The number of hydrogen-bond acceptors (Lipinski definition) is 3. The first-order chi connectivity index (χ1) is 5.81. The van der Waals surface area contributed by atoms with Crippen molar-refractivity contribution >= 4 is 17.3 Å². The van der Waals surface area contributed by atoms with Crippen LogP contribution in [0.15, 0.2) is 4.40 Å². The largest absolute Gasteiger partial charge is 1.00 e. The molecule has 0 aliphatic rings. The Labute approximate surface area is 105 Å². The SMILES string of the molecule is CCCCCCOS(=O)N=C=O.[H-].[Na+]. The van der Waals surface area contributed by atoms with Crippen LogP contribution in [0.4, 0.5) is 0 Å². The third-order valence-electron chi connectivity index (χ3n) is 1.29. The molecule has 4 nitrogen and oxygen atoms in total. The molecule has 72 valence electrons. The molecule has 0 aliphatic carbocycles. The van der Waals surface area contributed by atoms with Crippen LogP contribution < -0.4 is 29.6 Å². The van der Waals surface area contributed by atoms with Crippen LogP contribution >= 0.6 is 0 Å². The maximum atomic E-state index is 10.5. The Bertz CT molecular complexity index is 188. The minimum atomic E-state index is -1.82. The van der Waals surface area contributed by atoms with Crippen LogP contribution in [0.2, 0.25) is 0 Å². The number of isocyanates is 1. The minimum Gasteiger partial charge on any atom is -1.00 e. The van der Waals surface area contributed by atoms with E-state index in [1.807, 2.05) is 0 Å². The molecule has 0 rings (SSSR count). The second-order valence-corrected chi connectivity index (χ2v) is 3.13. The molecule has 0 bridgehead atoms. The molecule has 1 unspecified atom stereocenters. The van der Waals surface area contributed by atoms with Crippen molar-refractivity contribution in [2.45, 2.75) is 32.6 Å². The number of nitrogens with zero attached hydrogens (tertiary/aromatic N) is 1. The molecule has 0 amide bonds. The first-order valence-corrected chi connectivity index (χ1v) is 4.97. The van der Waals surface area contributed by atoms with Gasteiger partial charge in [0.1, 0.15) is 0 Å². The van der Waals surface area contributed by atoms with Gasteiger partial charge in [-0.1, -0.05) is 30.6 Å². The van der Waals surface area contributed by atoms with Crippen molar-refractivity contribution in [2.75, 3.05) is 6.61 Å². The van der Waals surface area contributed by atoms with Crippen molar-refractivity contribution in [3.63, 3.8) is 0 Å². The molecule has 0 N–H and O–H groups in total. The third kappa shape index (κ3) is 12.5. The summed E-state index contributed by atoms with van der Waals surface area (Å²) in [5.74, 6) is 0. The standard InChI is InChI=1S/C7H13NO3S.Na.H/c1-2-3-4-5-6-11-12(10)8-7-9;;/h2-6H2,1H3;;/q;+1;-1. The zero-order valence-corrected chi connectivity index (χ0v) is 10.9. The van der Waals surface area contributed by atoms with E-state index in [0.717, 1.165) is 25.7 Å². The van der Waals surface area contributed by atoms with Gasteiger partial charge in [0, 0.05) is 0 Å². The molecular formula is C7H14NNaO3S. The second-order valence-electron chi connectivity index (χ2n) is 2.28. The second kappa shape index (κ2) is 12.5. The fourth-order valence-corrected chi connectivity index (χ4v) is 1.09. The quantitative estimate of drug-likeness (QED) is 0.227. The van der Waals surface area contributed by atoms with E-state index in [0.29, 0.717) is 6.61 Å². The Hall–Kier alpha value is 0.490. The molecule has 0 spiro atoms. The van der Waals surface area contributed by atoms with Crippen LogP contribution in [-0.4, -0.2) is 16.9 Å².